The Kier molecular flexibility index (Phi) is 4.27. The van der Waals surface area contributed by atoms with Gasteiger partial charge in [0.2, 0.25) is 5.91 Å². The predicted molar refractivity (Wildman–Crippen MR) is 72.2 cm³/mol. The Hall–Kier alpha value is -1.75. The molecule has 2 rings (SSSR count). The lowest BCUT2D eigenvalue weighted by Gasteiger charge is -2.22. The summed E-state index contributed by atoms with van der Waals surface area (Å²) in [6, 6.07) is 6.37. The average Bonchev–Trinajstić information content (AvgIpc) is 2.90. The van der Waals surface area contributed by atoms with Crippen LogP contribution in [0.15, 0.2) is 24.3 Å². The maximum absolute atomic E-state index is 12.1. The van der Waals surface area contributed by atoms with Gasteiger partial charge in [-0.3, -0.25) is 9.69 Å². The van der Waals surface area contributed by atoms with E-state index in [1.807, 2.05) is 0 Å². The van der Waals surface area contributed by atoms with Crippen LogP contribution in [0.3, 0.4) is 0 Å². The number of carbonyl (C=O) groups excluding carboxylic acids is 2. The van der Waals surface area contributed by atoms with Gasteiger partial charge in [0.05, 0.1) is 7.11 Å². The number of halogens is 1. The number of amides is 2. The molecule has 1 fully saturated rings. The van der Waals surface area contributed by atoms with Gasteiger partial charge < -0.3 is 10.1 Å². The monoisotopic (exact) mass is 282 g/mol. The largest absolute Gasteiger partial charge is 0.453 e. The summed E-state index contributed by atoms with van der Waals surface area (Å²) in [5, 5.41) is 3.38. The smallest absolute Gasteiger partial charge is 0.410 e. The Morgan fingerprint density at radius 1 is 1.37 bits per heavy atom. The zero-order chi connectivity index (χ0) is 13.8. The van der Waals surface area contributed by atoms with E-state index in [9.17, 15) is 9.59 Å². The molecule has 1 saturated heterocycles. The molecule has 1 unspecified atom stereocenters. The highest BCUT2D eigenvalue weighted by molar-refractivity contribution is 6.30. The third-order valence-corrected chi connectivity index (χ3v) is 3.33. The van der Waals surface area contributed by atoms with E-state index in [0.717, 1.165) is 6.42 Å². The second-order valence-corrected chi connectivity index (χ2v) is 4.75. The van der Waals surface area contributed by atoms with Crippen molar-refractivity contribution in [2.24, 2.45) is 0 Å². The number of nitrogens with one attached hydrogen (secondary N) is 1. The first-order valence-electron chi connectivity index (χ1n) is 6.03. The third-order valence-electron chi connectivity index (χ3n) is 3.08. The van der Waals surface area contributed by atoms with Crippen LogP contribution in [0.25, 0.3) is 0 Å². The summed E-state index contributed by atoms with van der Waals surface area (Å²) in [7, 11) is 1.31. The van der Waals surface area contributed by atoms with Gasteiger partial charge in [-0.05, 0) is 37.1 Å². The molecule has 5 nitrogen and oxygen atoms in total. The van der Waals surface area contributed by atoms with Crippen LogP contribution in [0.5, 0.6) is 0 Å². The molecule has 19 heavy (non-hydrogen) atoms. The summed E-state index contributed by atoms with van der Waals surface area (Å²) in [5.41, 5.74) is 0.658. The minimum atomic E-state index is -0.469. The molecule has 1 aliphatic heterocycles. The van der Waals surface area contributed by atoms with E-state index in [1.165, 1.54) is 12.0 Å². The Bertz CT molecular complexity index is 475. The van der Waals surface area contributed by atoms with Crippen molar-refractivity contribution in [3.8, 4) is 0 Å². The average molecular weight is 283 g/mol. The van der Waals surface area contributed by atoms with E-state index in [1.54, 1.807) is 24.3 Å². The van der Waals surface area contributed by atoms with E-state index in [-0.39, 0.29) is 5.91 Å². The highest BCUT2D eigenvalue weighted by atomic mass is 35.5. The first kappa shape index (κ1) is 13.7. The molecular weight excluding hydrogens is 268 g/mol. The Labute approximate surface area is 116 Å². The van der Waals surface area contributed by atoms with Crippen LogP contribution in [0.4, 0.5) is 10.5 Å². The van der Waals surface area contributed by atoms with Crippen LogP contribution in [0, 0.1) is 0 Å². The normalized spacial score (nSPS) is 18.2. The van der Waals surface area contributed by atoms with Gasteiger partial charge in [-0.25, -0.2) is 4.79 Å². The number of ether oxygens (including phenoxy) is 1. The van der Waals surface area contributed by atoms with Crippen molar-refractivity contribution in [3.63, 3.8) is 0 Å². The number of hydrogen-bond acceptors (Lipinski definition) is 3. The zero-order valence-corrected chi connectivity index (χ0v) is 11.3. The molecule has 0 radical (unpaired) electrons. The topological polar surface area (TPSA) is 58.6 Å². The first-order valence-corrected chi connectivity index (χ1v) is 6.40. The van der Waals surface area contributed by atoms with Crippen molar-refractivity contribution >= 4 is 29.3 Å². The van der Waals surface area contributed by atoms with Crippen LogP contribution >= 0.6 is 11.6 Å². The van der Waals surface area contributed by atoms with Crippen molar-refractivity contribution in [2.75, 3.05) is 19.0 Å². The number of nitrogens with zero attached hydrogens (tertiary/aromatic N) is 1. The summed E-state index contributed by atoms with van der Waals surface area (Å²) in [5.74, 6) is -0.203. The van der Waals surface area contributed by atoms with E-state index in [2.05, 4.69) is 10.1 Å². The van der Waals surface area contributed by atoms with Crippen molar-refractivity contribution in [1.82, 2.24) is 4.90 Å². The lowest BCUT2D eigenvalue weighted by Crippen LogP contribution is -2.43. The molecule has 1 atom stereocenters. The van der Waals surface area contributed by atoms with Crippen LogP contribution in [0.2, 0.25) is 5.02 Å². The molecule has 2 amide bonds. The van der Waals surface area contributed by atoms with E-state index in [4.69, 9.17) is 11.6 Å². The second-order valence-electron chi connectivity index (χ2n) is 4.32. The fourth-order valence-electron chi connectivity index (χ4n) is 2.13. The van der Waals surface area contributed by atoms with Crippen LogP contribution in [0.1, 0.15) is 12.8 Å². The number of hydrogen-bond donors (Lipinski definition) is 1. The lowest BCUT2D eigenvalue weighted by molar-refractivity contribution is -0.119. The summed E-state index contributed by atoms with van der Waals surface area (Å²) in [4.78, 5) is 25.1. The summed E-state index contributed by atoms with van der Waals surface area (Å²) in [6.45, 7) is 0.547. The molecule has 1 aliphatic rings. The number of methoxy groups -OCH3 is 1. The van der Waals surface area contributed by atoms with E-state index < -0.39 is 12.1 Å². The lowest BCUT2D eigenvalue weighted by atomic mass is 10.2. The van der Waals surface area contributed by atoms with Gasteiger partial charge in [0.15, 0.2) is 0 Å². The fraction of sp³-hybridized carbons (Fsp3) is 0.385. The number of rotatable bonds is 2. The van der Waals surface area contributed by atoms with Crippen molar-refractivity contribution in [2.45, 2.75) is 18.9 Å². The quantitative estimate of drug-likeness (QED) is 0.907. The van der Waals surface area contributed by atoms with Gasteiger partial charge in [-0.1, -0.05) is 11.6 Å². The Morgan fingerprint density at radius 3 is 2.68 bits per heavy atom. The highest BCUT2D eigenvalue weighted by Gasteiger charge is 2.34. The molecule has 1 aromatic rings. The second kappa shape index (κ2) is 5.93. The molecule has 1 N–H and O–H groups in total. The van der Waals surface area contributed by atoms with Gasteiger partial charge in [0, 0.05) is 17.3 Å². The van der Waals surface area contributed by atoms with Crippen molar-refractivity contribution in [1.29, 1.82) is 0 Å². The van der Waals surface area contributed by atoms with Crippen LogP contribution in [-0.4, -0.2) is 36.6 Å². The summed E-state index contributed by atoms with van der Waals surface area (Å²) in [6.07, 6.45) is 0.983. The zero-order valence-electron chi connectivity index (χ0n) is 10.6. The van der Waals surface area contributed by atoms with Gasteiger partial charge in [-0.15, -0.1) is 0 Å². The van der Waals surface area contributed by atoms with E-state index >= 15 is 0 Å². The van der Waals surface area contributed by atoms with Gasteiger partial charge in [0.1, 0.15) is 6.04 Å². The molecule has 1 heterocycles. The van der Waals surface area contributed by atoms with Gasteiger partial charge in [-0.2, -0.15) is 0 Å². The van der Waals surface area contributed by atoms with Crippen LogP contribution in [-0.2, 0) is 9.53 Å². The minimum absolute atomic E-state index is 0.203. The van der Waals surface area contributed by atoms with Gasteiger partial charge in [0.25, 0.3) is 0 Å². The maximum atomic E-state index is 12.1. The molecule has 0 saturated carbocycles. The predicted octanol–water partition coefficient (Wildman–Crippen LogP) is 2.51. The molecular formula is C13H15ClN2O3. The summed E-state index contributed by atoms with van der Waals surface area (Å²) < 4.78 is 4.67. The molecule has 1 aromatic carbocycles. The Morgan fingerprint density at radius 2 is 2.05 bits per heavy atom. The standard InChI is InChI=1S/C13H15ClN2O3/c1-19-13(18)16-8-2-3-11(16)12(17)15-10-6-4-9(14)5-7-10/h4-7,11H,2-3,8H2,1H3,(H,15,17). The molecule has 0 spiro atoms. The highest BCUT2D eigenvalue weighted by Crippen LogP contribution is 2.20. The van der Waals surface area contributed by atoms with Gasteiger partial charge >= 0.3 is 6.09 Å². The SMILES string of the molecule is COC(=O)N1CCCC1C(=O)Nc1ccc(Cl)cc1. The first-order chi connectivity index (χ1) is 9.11. The number of benzene rings is 1. The molecule has 0 bridgehead atoms. The fourth-order valence-corrected chi connectivity index (χ4v) is 2.26. The number of anilines is 1. The number of carbonyl (C=O) groups is 2. The summed E-state index contributed by atoms with van der Waals surface area (Å²) >= 11 is 5.78. The number of likely N-dealkylation sites (tertiary alicyclic amines) is 1. The third kappa shape index (κ3) is 3.17. The molecule has 0 aromatic heterocycles. The van der Waals surface area contributed by atoms with Crippen molar-refractivity contribution < 1.29 is 14.3 Å². The van der Waals surface area contributed by atoms with Crippen molar-refractivity contribution in [3.05, 3.63) is 29.3 Å². The minimum Gasteiger partial charge on any atom is -0.453 e. The van der Waals surface area contributed by atoms with Crippen LogP contribution < -0.4 is 5.32 Å². The molecule has 0 aliphatic carbocycles. The Balaban J connectivity index is 2.03. The van der Waals surface area contributed by atoms with E-state index in [0.29, 0.717) is 23.7 Å². The molecule has 6 heteroatoms. The molecule has 102 valence electrons. The maximum Gasteiger partial charge on any atom is 0.410 e.